The molecule has 1 aliphatic heterocycles. The van der Waals surface area contributed by atoms with E-state index in [4.69, 9.17) is 4.74 Å². The zero-order chi connectivity index (χ0) is 16.0. The molecule has 2 aromatic rings. The highest BCUT2D eigenvalue weighted by Crippen LogP contribution is 2.32. The highest BCUT2D eigenvalue weighted by Gasteiger charge is 2.36. The number of anilines is 1. The van der Waals surface area contributed by atoms with Gasteiger partial charge in [0.05, 0.1) is 12.1 Å². The summed E-state index contributed by atoms with van der Waals surface area (Å²) in [4.78, 5) is 27.2. The summed E-state index contributed by atoms with van der Waals surface area (Å²) < 4.78 is 6.63. The van der Waals surface area contributed by atoms with Crippen LogP contribution in [-0.2, 0) is 4.74 Å². The van der Waals surface area contributed by atoms with Gasteiger partial charge in [-0.2, -0.15) is 0 Å². The molecule has 0 N–H and O–H groups in total. The van der Waals surface area contributed by atoms with Crippen molar-refractivity contribution >= 4 is 33.2 Å². The lowest BCUT2D eigenvalue weighted by Gasteiger charge is -2.33. The summed E-state index contributed by atoms with van der Waals surface area (Å²) in [6, 6.07) is 14.6. The lowest BCUT2D eigenvalue weighted by molar-refractivity contribution is 0.0847. The molecule has 0 radical (unpaired) electrons. The Morgan fingerprint density at radius 2 is 1.57 bits per heavy atom. The summed E-state index contributed by atoms with van der Waals surface area (Å²) in [5.41, 5.74) is 2.26. The molecular weight excluding hydrogens is 358 g/mol. The topological polar surface area (TPSA) is 46.6 Å². The van der Waals surface area contributed by atoms with Crippen molar-refractivity contribution in [3.63, 3.8) is 0 Å². The molecule has 0 atom stereocenters. The van der Waals surface area contributed by atoms with Gasteiger partial charge in [0.25, 0.3) is 0 Å². The van der Waals surface area contributed by atoms with Crippen molar-refractivity contribution in [1.82, 2.24) is 0 Å². The van der Waals surface area contributed by atoms with E-state index in [1.807, 2.05) is 29.2 Å². The molecule has 2 aromatic carbocycles. The molecule has 0 aromatic heterocycles. The first-order valence-corrected chi connectivity index (χ1v) is 7.99. The molecule has 0 unspecified atom stereocenters. The minimum atomic E-state index is -0.203. The highest BCUT2D eigenvalue weighted by molar-refractivity contribution is 9.10. The van der Waals surface area contributed by atoms with Crippen LogP contribution in [0.1, 0.15) is 20.7 Å². The van der Waals surface area contributed by atoms with Gasteiger partial charge in [0.15, 0.2) is 18.3 Å². The molecule has 5 heteroatoms. The van der Waals surface area contributed by atoms with Gasteiger partial charge in [0, 0.05) is 21.3 Å². The number of ether oxygens (including phenoxy) is 1. The Kier molecular flexibility index (Phi) is 3.31. The van der Waals surface area contributed by atoms with Crippen LogP contribution in [0.4, 0.5) is 5.69 Å². The van der Waals surface area contributed by atoms with Crippen LogP contribution in [0.3, 0.4) is 0 Å². The molecule has 4 rings (SSSR count). The molecule has 4 nitrogen and oxygen atoms in total. The van der Waals surface area contributed by atoms with Gasteiger partial charge in [0.1, 0.15) is 0 Å². The smallest absolute Gasteiger partial charge is 0.228 e. The van der Waals surface area contributed by atoms with Crippen molar-refractivity contribution in [2.45, 2.75) is 0 Å². The summed E-state index contributed by atoms with van der Waals surface area (Å²) in [6.45, 7) is 0.623. The van der Waals surface area contributed by atoms with Crippen LogP contribution < -0.4 is 4.90 Å². The number of hydrogen-bond donors (Lipinski definition) is 0. The lowest BCUT2D eigenvalue weighted by atomic mass is 9.87. The van der Waals surface area contributed by atoms with Gasteiger partial charge in [0.2, 0.25) is 5.78 Å². The second kappa shape index (κ2) is 5.35. The highest BCUT2D eigenvalue weighted by atomic mass is 79.9. The average Bonchev–Trinajstić information content (AvgIpc) is 2.60. The van der Waals surface area contributed by atoms with Crippen molar-refractivity contribution in [3.05, 3.63) is 75.5 Å². The van der Waals surface area contributed by atoms with Crippen molar-refractivity contribution in [3.8, 4) is 0 Å². The van der Waals surface area contributed by atoms with Gasteiger partial charge >= 0.3 is 0 Å². The van der Waals surface area contributed by atoms with Gasteiger partial charge in [-0.25, -0.2) is 0 Å². The maximum absolute atomic E-state index is 12.7. The normalized spacial score (nSPS) is 16.8. The van der Waals surface area contributed by atoms with E-state index in [0.717, 1.165) is 10.2 Å². The molecule has 0 fully saturated rings. The van der Waals surface area contributed by atoms with Crippen LogP contribution in [-0.4, -0.2) is 24.8 Å². The number of benzene rings is 2. The Morgan fingerprint density at radius 3 is 2.26 bits per heavy atom. The summed E-state index contributed by atoms with van der Waals surface area (Å²) in [7, 11) is 0. The third kappa shape index (κ3) is 2.28. The number of fused-ring (bicyclic) bond motifs is 1. The zero-order valence-electron chi connectivity index (χ0n) is 12.1. The predicted octanol–water partition coefficient (Wildman–Crippen LogP) is 3.58. The van der Waals surface area contributed by atoms with E-state index in [0.29, 0.717) is 23.2 Å². The van der Waals surface area contributed by atoms with Crippen LogP contribution in [0.2, 0.25) is 0 Å². The number of allylic oxidation sites excluding steroid dienone is 1. The van der Waals surface area contributed by atoms with Crippen molar-refractivity contribution in [1.29, 1.82) is 0 Å². The van der Waals surface area contributed by atoms with Gasteiger partial charge in [-0.05, 0) is 24.3 Å². The second-order valence-corrected chi connectivity index (χ2v) is 6.37. The van der Waals surface area contributed by atoms with Crippen LogP contribution in [0, 0.1) is 0 Å². The number of ketones is 2. The number of hydrogen-bond acceptors (Lipinski definition) is 4. The maximum Gasteiger partial charge on any atom is 0.228 e. The number of nitrogens with zero attached hydrogens (tertiary/aromatic N) is 1. The lowest BCUT2D eigenvalue weighted by Crippen LogP contribution is -2.39. The molecule has 23 heavy (non-hydrogen) atoms. The Bertz CT molecular complexity index is 855. The monoisotopic (exact) mass is 369 g/mol. The number of carbonyl (C=O) groups is 2. The predicted molar refractivity (Wildman–Crippen MR) is 89.6 cm³/mol. The van der Waals surface area contributed by atoms with Crippen LogP contribution in [0.15, 0.2) is 64.3 Å². The minimum Gasteiger partial charge on any atom is -0.468 e. The van der Waals surface area contributed by atoms with E-state index in [2.05, 4.69) is 15.9 Å². The molecule has 0 saturated carbocycles. The van der Waals surface area contributed by atoms with E-state index in [9.17, 15) is 9.59 Å². The second-order valence-electron chi connectivity index (χ2n) is 5.46. The number of halogens is 1. The maximum atomic E-state index is 12.7. The Hall–Kier alpha value is -2.40. The van der Waals surface area contributed by atoms with Crippen LogP contribution in [0.25, 0.3) is 0 Å². The number of carbonyl (C=O) groups excluding carboxylic acids is 2. The van der Waals surface area contributed by atoms with Crippen LogP contribution >= 0.6 is 15.9 Å². The minimum absolute atomic E-state index is 0.128. The molecule has 0 spiro atoms. The number of rotatable bonds is 1. The fourth-order valence-corrected chi connectivity index (χ4v) is 3.16. The molecular formula is C18H12BrNO3. The third-order valence-corrected chi connectivity index (χ3v) is 4.60. The molecule has 1 aliphatic carbocycles. The molecule has 0 bridgehead atoms. The van der Waals surface area contributed by atoms with E-state index >= 15 is 0 Å². The summed E-state index contributed by atoms with van der Waals surface area (Å²) in [6.07, 6.45) is 0. The van der Waals surface area contributed by atoms with Crippen molar-refractivity contribution in [2.75, 3.05) is 18.2 Å². The van der Waals surface area contributed by atoms with Crippen molar-refractivity contribution < 1.29 is 14.3 Å². The fourth-order valence-electron chi connectivity index (χ4n) is 2.90. The Balaban J connectivity index is 1.71. The van der Waals surface area contributed by atoms with Gasteiger partial charge in [-0.1, -0.05) is 40.2 Å². The van der Waals surface area contributed by atoms with Crippen LogP contribution in [0.5, 0.6) is 0 Å². The first kappa shape index (κ1) is 14.2. The van der Waals surface area contributed by atoms with Gasteiger partial charge in [-0.3, -0.25) is 9.59 Å². The summed E-state index contributed by atoms with van der Waals surface area (Å²) in [5, 5.41) is 0. The van der Waals surface area contributed by atoms with Crippen molar-refractivity contribution in [2.24, 2.45) is 0 Å². The standard InChI is InChI=1S/C18H12BrNO3/c19-11-5-7-12(8-6-11)20-9-15-16(21)13-3-1-2-4-14(13)17(22)18(15)23-10-20/h1-8H,9-10H2. The Morgan fingerprint density at radius 1 is 0.913 bits per heavy atom. The average molecular weight is 370 g/mol. The first-order chi connectivity index (χ1) is 11.1. The summed E-state index contributed by atoms with van der Waals surface area (Å²) in [5.74, 6) is -0.135. The largest absolute Gasteiger partial charge is 0.468 e. The molecule has 1 heterocycles. The molecule has 114 valence electrons. The summed E-state index contributed by atoms with van der Waals surface area (Å²) >= 11 is 3.40. The Labute approximate surface area is 141 Å². The fraction of sp³-hybridized carbons (Fsp3) is 0.111. The first-order valence-electron chi connectivity index (χ1n) is 7.20. The third-order valence-electron chi connectivity index (χ3n) is 4.08. The van der Waals surface area contributed by atoms with E-state index in [-0.39, 0.29) is 24.1 Å². The SMILES string of the molecule is O=C1C2=C(OCN(c3ccc(Br)cc3)C2)C(=O)c2ccccc21. The van der Waals surface area contributed by atoms with Gasteiger partial charge in [-0.15, -0.1) is 0 Å². The molecule has 0 amide bonds. The number of Topliss-reactive ketones (excluding diaryl/α,β-unsaturated/α-hetero) is 2. The molecule has 0 saturated heterocycles. The molecule has 2 aliphatic rings. The van der Waals surface area contributed by atoms with E-state index in [1.165, 1.54) is 0 Å². The zero-order valence-corrected chi connectivity index (χ0v) is 13.7. The van der Waals surface area contributed by atoms with E-state index < -0.39 is 0 Å². The van der Waals surface area contributed by atoms with E-state index in [1.54, 1.807) is 24.3 Å². The quantitative estimate of drug-likeness (QED) is 0.770. The van der Waals surface area contributed by atoms with Gasteiger partial charge < -0.3 is 9.64 Å².